The molecule has 0 saturated heterocycles. The quantitative estimate of drug-likeness (QED) is 0.237. The Morgan fingerprint density at radius 3 is 2.47 bits per heavy atom. The fraction of sp³-hybridized carbons (Fsp3) is 0.368. The van der Waals surface area contributed by atoms with E-state index in [-0.39, 0.29) is 6.42 Å². The Balaban J connectivity index is 2.14. The average Bonchev–Trinajstić information content (AvgIpc) is 3.13. The molecule has 0 aliphatic rings. The van der Waals surface area contributed by atoms with Crippen molar-refractivity contribution in [3.05, 3.63) is 36.0 Å². The summed E-state index contributed by atoms with van der Waals surface area (Å²) in [7, 11) is 0. The molecule has 2 rings (SSSR count). The zero-order valence-electron chi connectivity index (χ0n) is 16.3. The first kappa shape index (κ1) is 22.8. The lowest BCUT2D eigenvalue weighted by Crippen LogP contribution is -2.56. The van der Waals surface area contributed by atoms with Gasteiger partial charge in [-0.25, -0.2) is 0 Å². The number of aromatic amines is 1. The van der Waals surface area contributed by atoms with Crippen LogP contribution in [0.1, 0.15) is 12.5 Å². The summed E-state index contributed by atoms with van der Waals surface area (Å²) in [6, 6.07) is 4.10. The standard InChI is InChI=1S/C19H25N5O6/c1-10(23-18(29)13(20)9-25)17(28)24-15(19(30)22-8-16(26)27)6-11-7-21-14-5-3-2-4-12(11)14/h2-5,7,10,13,15,21,25H,6,8-9,20H2,1H3,(H,22,30)(H,23,29)(H,24,28)(H,26,27). The van der Waals surface area contributed by atoms with E-state index in [9.17, 15) is 19.2 Å². The number of carbonyl (C=O) groups is 4. The van der Waals surface area contributed by atoms with Crippen molar-refractivity contribution in [3.63, 3.8) is 0 Å². The van der Waals surface area contributed by atoms with Crippen LogP contribution in [0.4, 0.5) is 0 Å². The molecule has 0 aliphatic carbocycles. The molecule has 0 bridgehead atoms. The van der Waals surface area contributed by atoms with Gasteiger partial charge in [0.15, 0.2) is 0 Å². The molecule has 0 fully saturated rings. The molecule has 3 amide bonds. The molecule has 0 spiro atoms. The molecule has 11 nitrogen and oxygen atoms in total. The number of aromatic nitrogens is 1. The third-order valence-electron chi connectivity index (χ3n) is 4.43. The first-order valence-corrected chi connectivity index (χ1v) is 9.24. The number of aliphatic hydroxyl groups is 1. The van der Waals surface area contributed by atoms with Crippen LogP contribution >= 0.6 is 0 Å². The molecule has 0 saturated carbocycles. The maximum absolute atomic E-state index is 12.5. The summed E-state index contributed by atoms with van der Waals surface area (Å²) in [6.07, 6.45) is 1.80. The number of fused-ring (bicyclic) bond motifs is 1. The highest BCUT2D eigenvalue weighted by molar-refractivity contribution is 5.94. The number of benzene rings is 1. The minimum atomic E-state index is -1.22. The molecule has 2 aromatic rings. The molecule has 3 unspecified atom stereocenters. The van der Waals surface area contributed by atoms with Crippen molar-refractivity contribution in [2.75, 3.05) is 13.2 Å². The second-order valence-electron chi connectivity index (χ2n) is 6.76. The summed E-state index contributed by atoms with van der Waals surface area (Å²) in [5, 5.41) is 25.7. The average molecular weight is 419 g/mol. The number of rotatable bonds is 10. The van der Waals surface area contributed by atoms with Crippen LogP contribution in [0.25, 0.3) is 10.9 Å². The van der Waals surface area contributed by atoms with E-state index in [2.05, 4.69) is 20.9 Å². The van der Waals surface area contributed by atoms with Crippen molar-refractivity contribution in [1.29, 1.82) is 0 Å². The molecule has 30 heavy (non-hydrogen) atoms. The number of hydrogen-bond donors (Lipinski definition) is 7. The van der Waals surface area contributed by atoms with Gasteiger partial charge in [0, 0.05) is 23.5 Å². The van der Waals surface area contributed by atoms with E-state index in [0.29, 0.717) is 0 Å². The zero-order chi connectivity index (χ0) is 22.3. The minimum absolute atomic E-state index is 0.0953. The van der Waals surface area contributed by atoms with Crippen molar-refractivity contribution in [2.45, 2.75) is 31.5 Å². The van der Waals surface area contributed by atoms with Crippen LogP contribution in [0.5, 0.6) is 0 Å². The number of carboxylic acids is 1. The number of aliphatic hydroxyl groups excluding tert-OH is 1. The first-order valence-electron chi connectivity index (χ1n) is 9.24. The highest BCUT2D eigenvalue weighted by atomic mass is 16.4. The van der Waals surface area contributed by atoms with Crippen LogP contribution < -0.4 is 21.7 Å². The van der Waals surface area contributed by atoms with Gasteiger partial charge in [0.2, 0.25) is 17.7 Å². The highest BCUT2D eigenvalue weighted by Crippen LogP contribution is 2.19. The number of carbonyl (C=O) groups excluding carboxylic acids is 3. The molecular formula is C19H25N5O6. The van der Waals surface area contributed by atoms with Gasteiger partial charge >= 0.3 is 5.97 Å². The predicted octanol–water partition coefficient (Wildman–Crippen LogP) is -1.78. The van der Waals surface area contributed by atoms with Crippen molar-refractivity contribution in [1.82, 2.24) is 20.9 Å². The van der Waals surface area contributed by atoms with Crippen LogP contribution in [0, 0.1) is 0 Å². The summed E-state index contributed by atoms with van der Waals surface area (Å²) < 4.78 is 0. The van der Waals surface area contributed by atoms with E-state index < -0.39 is 55.0 Å². The summed E-state index contributed by atoms with van der Waals surface area (Å²) in [5.41, 5.74) is 7.01. The number of aliphatic carboxylic acids is 1. The third kappa shape index (κ3) is 6.03. The SMILES string of the molecule is CC(NC(=O)C(N)CO)C(=O)NC(Cc1c[nH]c2ccccc12)C(=O)NCC(=O)O. The maximum atomic E-state index is 12.5. The molecule has 8 N–H and O–H groups in total. The van der Waals surface area contributed by atoms with E-state index in [0.717, 1.165) is 16.5 Å². The van der Waals surface area contributed by atoms with Gasteiger partial charge in [-0.3, -0.25) is 19.2 Å². The van der Waals surface area contributed by atoms with E-state index in [1.807, 2.05) is 24.3 Å². The van der Waals surface area contributed by atoms with Crippen LogP contribution in [-0.2, 0) is 25.6 Å². The Hall–Kier alpha value is -3.44. The van der Waals surface area contributed by atoms with Gasteiger partial charge < -0.3 is 36.9 Å². The van der Waals surface area contributed by atoms with Crippen molar-refractivity contribution in [3.8, 4) is 0 Å². The molecule has 162 valence electrons. The summed E-state index contributed by atoms with van der Waals surface area (Å²) >= 11 is 0. The molecule has 1 aromatic carbocycles. The van der Waals surface area contributed by atoms with Crippen molar-refractivity contribution < 1.29 is 29.4 Å². The Labute approximate surface area is 172 Å². The Morgan fingerprint density at radius 2 is 1.80 bits per heavy atom. The monoisotopic (exact) mass is 419 g/mol. The molecular weight excluding hydrogens is 394 g/mol. The molecule has 11 heteroatoms. The van der Waals surface area contributed by atoms with Crippen molar-refractivity contribution in [2.24, 2.45) is 5.73 Å². The second-order valence-corrected chi connectivity index (χ2v) is 6.76. The summed E-state index contributed by atoms with van der Waals surface area (Å²) in [4.78, 5) is 50.6. The molecule has 0 aliphatic heterocycles. The van der Waals surface area contributed by atoms with Gasteiger partial charge in [0.05, 0.1) is 6.61 Å². The van der Waals surface area contributed by atoms with Crippen molar-refractivity contribution >= 4 is 34.6 Å². The second kappa shape index (κ2) is 10.4. The lowest BCUT2D eigenvalue weighted by atomic mass is 10.0. The number of nitrogens with two attached hydrogens (primary N) is 1. The van der Waals surface area contributed by atoms with E-state index in [1.165, 1.54) is 6.92 Å². The molecule has 1 heterocycles. The maximum Gasteiger partial charge on any atom is 0.322 e. The fourth-order valence-electron chi connectivity index (χ4n) is 2.78. The number of hydrogen-bond acceptors (Lipinski definition) is 6. The topological polar surface area (TPSA) is 187 Å². The van der Waals surface area contributed by atoms with E-state index in [1.54, 1.807) is 6.20 Å². The lowest BCUT2D eigenvalue weighted by molar-refractivity contribution is -0.138. The fourth-order valence-corrected chi connectivity index (χ4v) is 2.78. The largest absolute Gasteiger partial charge is 0.480 e. The highest BCUT2D eigenvalue weighted by Gasteiger charge is 2.26. The number of H-pyrrole nitrogens is 1. The smallest absolute Gasteiger partial charge is 0.322 e. The van der Waals surface area contributed by atoms with E-state index in [4.69, 9.17) is 15.9 Å². The Kier molecular flexibility index (Phi) is 7.90. The summed E-state index contributed by atoms with van der Waals surface area (Å²) in [5.74, 6) is -3.28. The van der Waals surface area contributed by atoms with E-state index >= 15 is 0 Å². The third-order valence-corrected chi connectivity index (χ3v) is 4.43. The van der Waals surface area contributed by atoms with Crippen LogP contribution in [-0.4, -0.2) is 70.2 Å². The van der Waals surface area contributed by atoms with Gasteiger partial charge in [0.1, 0.15) is 24.7 Å². The lowest BCUT2D eigenvalue weighted by Gasteiger charge is -2.21. The van der Waals surface area contributed by atoms with Gasteiger partial charge in [-0.1, -0.05) is 18.2 Å². The number of para-hydroxylation sites is 1. The first-order chi connectivity index (χ1) is 14.2. The van der Waals surface area contributed by atoms with Gasteiger partial charge in [-0.15, -0.1) is 0 Å². The van der Waals surface area contributed by atoms with Gasteiger partial charge in [0.25, 0.3) is 0 Å². The number of nitrogens with one attached hydrogen (secondary N) is 4. The molecule has 3 atom stereocenters. The zero-order valence-corrected chi connectivity index (χ0v) is 16.3. The molecule has 0 radical (unpaired) electrons. The number of amides is 3. The normalized spacial score (nSPS) is 13.8. The Bertz CT molecular complexity index is 927. The van der Waals surface area contributed by atoms with Crippen LogP contribution in [0.2, 0.25) is 0 Å². The predicted molar refractivity (Wildman–Crippen MR) is 107 cm³/mol. The van der Waals surface area contributed by atoms with Gasteiger partial charge in [-0.05, 0) is 18.6 Å². The Morgan fingerprint density at radius 1 is 1.10 bits per heavy atom. The van der Waals surface area contributed by atoms with Crippen LogP contribution in [0.3, 0.4) is 0 Å². The molecule has 1 aromatic heterocycles. The number of carboxylic acid groups (broad SMARTS) is 1. The minimum Gasteiger partial charge on any atom is -0.480 e. The van der Waals surface area contributed by atoms with Crippen LogP contribution in [0.15, 0.2) is 30.5 Å². The summed E-state index contributed by atoms with van der Waals surface area (Å²) in [6.45, 7) is 0.215. The van der Waals surface area contributed by atoms with Gasteiger partial charge in [-0.2, -0.15) is 0 Å².